The lowest BCUT2D eigenvalue weighted by atomic mass is 9.50. The Balaban J connectivity index is 2.36. The third-order valence-electron chi connectivity index (χ3n) is 4.69. The number of fused-ring (bicyclic) bond motifs is 1. The summed E-state index contributed by atoms with van der Waals surface area (Å²) in [5, 5.41) is 9.61. The molecule has 20 heavy (non-hydrogen) atoms. The van der Waals surface area contributed by atoms with E-state index in [-0.39, 0.29) is 5.92 Å². The number of hydrogen-bond acceptors (Lipinski definition) is 5. The van der Waals surface area contributed by atoms with Crippen molar-refractivity contribution in [2.24, 2.45) is 23.2 Å². The molecule has 0 aliphatic heterocycles. The molecule has 0 aromatic heterocycles. The number of rotatable bonds is 4. The number of ether oxygens (including phenoxy) is 2. The van der Waals surface area contributed by atoms with E-state index in [4.69, 9.17) is 9.47 Å². The van der Waals surface area contributed by atoms with Crippen molar-refractivity contribution < 1.29 is 19.1 Å². The van der Waals surface area contributed by atoms with E-state index in [0.29, 0.717) is 12.3 Å². The van der Waals surface area contributed by atoms with E-state index in [2.05, 4.69) is 19.1 Å². The van der Waals surface area contributed by atoms with Crippen LogP contribution in [0.15, 0.2) is 11.6 Å². The van der Waals surface area contributed by atoms with Crippen LogP contribution in [0.2, 0.25) is 0 Å². The monoisotopic (exact) mass is 277 g/mol. The predicted molar refractivity (Wildman–Crippen MR) is 70.2 cm³/mol. The van der Waals surface area contributed by atoms with Gasteiger partial charge in [0.1, 0.15) is 0 Å². The fraction of sp³-hybridized carbons (Fsp3) is 0.667. The van der Waals surface area contributed by atoms with Crippen LogP contribution in [0.1, 0.15) is 26.2 Å². The Morgan fingerprint density at radius 3 is 2.50 bits per heavy atom. The topological polar surface area (TPSA) is 76.4 Å². The molecule has 1 saturated carbocycles. The number of nitriles is 1. The van der Waals surface area contributed by atoms with Crippen LogP contribution in [0.5, 0.6) is 0 Å². The molecule has 0 spiro atoms. The lowest BCUT2D eigenvalue weighted by Crippen LogP contribution is -2.54. The maximum absolute atomic E-state index is 12.0. The Hall–Kier alpha value is -1.83. The maximum atomic E-state index is 12.0. The highest BCUT2D eigenvalue weighted by atomic mass is 16.5. The van der Waals surface area contributed by atoms with Gasteiger partial charge >= 0.3 is 11.9 Å². The Bertz CT molecular complexity index is 488. The molecule has 2 rings (SSSR count). The summed E-state index contributed by atoms with van der Waals surface area (Å²) in [4.78, 5) is 23.9. The molecule has 5 nitrogen and oxygen atoms in total. The number of carbonyl (C=O) groups is 2. The first-order chi connectivity index (χ1) is 9.53. The molecule has 0 aromatic rings. The third kappa shape index (κ3) is 1.91. The molecular weight excluding hydrogens is 258 g/mol. The minimum atomic E-state index is -1.16. The largest absolute Gasteiger partial charge is 0.468 e. The second-order valence-electron chi connectivity index (χ2n) is 5.50. The second-order valence-corrected chi connectivity index (χ2v) is 5.50. The van der Waals surface area contributed by atoms with Crippen LogP contribution in [-0.2, 0) is 19.1 Å². The first-order valence-corrected chi connectivity index (χ1v) is 6.80. The molecular formula is C15H19NO4. The molecule has 0 heterocycles. The molecule has 0 N–H and O–H groups in total. The number of nitrogens with zero attached hydrogens (tertiary/aromatic N) is 1. The van der Waals surface area contributed by atoms with Gasteiger partial charge in [0.25, 0.3) is 0 Å². The fourth-order valence-corrected chi connectivity index (χ4v) is 3.61. The van der Waals surface area contributed by atoms with Crippen molar-refractivity contribution in [1.29, 1.82) is 5.26 Å². The van der Waals surface area contributed by atoms with Gasteiger partial charge in [-0.25, -0.2) is 0 Å². The predicted octanol–water partition coefficient (Wildman–Crippen LogP) is 1.83. The number of methoxy groups -OCH3 is 2. The normalized spacial score (nSPS) is 30.9. The van der Waals surface area contributed by atoms with Crippen LogP contribution >= 0.6 is 0 Å². The van der Waals surface area contributed by atoms with Crippen molar-refractivity contribution in [1.82, 2.24) is 0 Å². The lowest BCUT2D eigenvalue weighted by molar-refractivity contribution is -0.171. The van der Waals surface area contributed by atoms with Gasteiger partial charge in [-0.1, -0.05) is 18.6 Å². The molecule has 108 valence electrons. The number of allylic oxidation sites excluding steroid dienone is 2. The van der Waals surface area contributed by atoms with Crippen molar-refractivity contribution >= 4 is 11.9 Å². The molecule has 0 unspecified atom stereocenters. The molecule has 5 heteroatoms. The zero-order valence-corrected chi connectivity index (χ0v) is 12.0. The van der Waals surface area contributed by atoms with Gasteiger partial charge in [-0.3, -0.25) is 9.59 Å². The van der Waals surface area contributed by atoms with E-state index in [9.17, 15) is 14.9 Å². The van der Waals surface area contributed by atoms with E-state index >= 15 is 0 Å². The summed E-state index contributed by atoms with van der Waals surface area (Å²) in [6.07, 6.45) is 4.51. The standard InChI is InChI=1S/C15H19NO4/c1-4-9-5-10-7-15(8-16,11(10)6-9)12(13(17)19-2)14(18)20-3/h6,10-12H,4-5,7H2,1-3H3/t10-,11-,15-/m1/s1. The van der Waals surface area contributed by atoms with Crippen LogP contribution in [0.25, 0.3) is 0 Å². The Labute approximate surface area is 118 Å². The molecule has 0 amide bonds. The van der Waals surface area contributed by atoms with Gasteiger partial charge < -0.3 is 9.47 Å². The highest BCUT2D eigenvalue weighted by Crippen LogP contribution is 2.61. The molecule has 0 saturated heterocycles. The molecule has 0 bridgehead atoms. The van der Waals surface area contributed by atoms with Crippen molar-refractivity contribution in [3.05, 3.63) is 11.6 Å². The fourth-order valence-electron chi connectivity index (χ4n) is 3.61. The van der Waals surface area contributed by atoms with Crippen molar-refractivity contribution in [3.8, 4) is 6.07 Å². The number of hydrogen-bond donors (Lipinski definition) is 0. The molecule has 3 atom stereocenters. The van der Waals surface area contributed by atoms with Crippen LogP contribution in [0, 0.1) is 34.5 Å². The summed E-state index contributed by atoms with van der Waals surface area (Å²) < 4.78 is 9.42. The minimum absolute atomic E-state index is 0.0503. The molecule has 0 aromatic carbocycles. The van der Waals surface area contributed by atoms with Gasteiger partial charge in [-0.05, 0) is 25.2 Å². The summed E-state index contributed by atoms with van der Waals surface area (Å²) in [6.45, 7) is 2.07. The Morgan fingerprint density at radius 2 is 2.05 bits per heavy atom. The summed E-state index contributed by atoms with van der Waals surface area (Å²) in [7, 11) is 2.45. The van der Waals surface area contributed by atoms with E-state index in [1.54, 1.807) is 0 Å². The summed E-state index contributed by atoms with van der Waals surface area (Å²) >= 11 is 0. The third-order valence-corrected chi connectivity index (χ3v) is 4.69. The molecule has 1 fully saturated rings. The zero-order valence-electron chi connectivity index (χ0n) is 12.0. The van der Waals surface area contributed by atoms with Gasteiger partial charge in [0, 0.05) is 5.92 Å². The Morgan fingerprint density at radius 1 is 1.45 bits per heavy atom. The van der Waals surface area contributed by atoms with Gasteiger partial charge in [0.05, 0.1) is 25.7 Å². The SMILES string of the molecule is CCC1=C[C@@H]2[C@H](C1)C[C@]2(C#N)C(C(=O)OC)C(=O)OC. The van der Waals surface area contributed by atoms with Gasteiger partial charge in [-0.2, -0.15) is 5.26 Å². The zero-order chi connectivity index (χ0) is 14.9. The van der Waals surface area contributed by atoms with E-state index < -0.39 is 23.3 Å². The van der Waals surface area contributed by atoms with E-state index in [1.165, 1.54) is 19.8 Å². The molecule has 2 aliphatic rings. The summed E-state index contributed by atoms with van der Waals surface area (Å²) in [6, 6.07) is 2.22. The van der Waals surface area contributed by atoms with E-state index in [1.807, 2.05) is 0 Å². The van der Waals surface area contributed by atoms with E-state index in [0.717, 1.165) is 12.8 Å². The Kier molecular flexibility index (Phi) is 3.85. The summed E-state index contributed by atoms with van der Waals surface area (Å²) in [5.74, 6) is -2.21. The van der Waals surface area contributed by atoms with Crippen LogP contribution in [0.3, 0.4) is 0 Å². The number of carbonyl (C=O) groups excluding carboxylic acids is 2. The van der Waals surface area contributed by atoms with Crippen LogP contribution in [-0.4, -0.2) is 26.2 Å². The average molecular weight is 277 g/mol. The van der Waals surface area contributed by atoms with Crippen LogP contribution in [0.4, 0.5) is 0 Å². The lowest BCUT2D eigenvalue weighted by Gasteiger charge is -2.49. The minimum Gasteiger partial charge on any atom is -0.468 e. The smallest absolute Gasteiger partial charge is 0.321 e. The highest BCUT2D eigenvalue weighted by Gasteiger charge is 2.64. The second kappa shape index (κ2) is 5.28. The van der Waals surface area contributed by atoms with Crippen molar-refractivity contribution in [2.45, 2.75) is 26.2 Å². The van der Waals surface area contributed by atoms with Crippen molar-refractivity contribution in [3.63, 3.8) is 0 Å². The van der Waals surface area contributed by atoms with Crippen molar-refractivity contribution in [2.75, 3.05) is 14.2 Å². The highest BCUT2D eigenvalue weighted by molar-refractivity contribution is 5.96. The van der Waals surface area contributed by atoms with Crippen LogP contribution < -0.4 is 0 Å². The maximum Gasteiger partial charge on any atom is 0.321 e. The number of esters is 2. The first kappa shape index (κ1) is 14.6. The summed E-state index contributed by atoms with van der Waals surface area (Å²) in [5.41, 5.74) is 0.285. The van der Waals surface area contributed by atoms with Gasteiger partial charge in [-0.15, -0.1) is 0 Å². The van der Waals surface area contributed by atoms with Gasteiger partial charge in [0.2, 0.25) is 0 Å². The molecule has 0 radical (unpaired) electrons. The molecule has 2 aliphatic carbocycles. The quantitative estimate of drug-likeness (QED) is 0.445. The first-order valence-electron chi connectivity index (χ1n) is 6.80. The van der Waals surface area contributed by atoms with Gasteiger partial charge in [0.15, 0.2) is 5.92 Å². The average Bonchev–Trinajstić information content (AvgIpc) is 2.81.